The normalized spacial score (nSPS) is 17.2. The Morgan fingerprint density at radius 1 is 0.886 bits per heavy atom. The lowest BCUT2D eigenvalue weighted by molar-refractivity contribution is -0.134. The molecule has 0 saturated carbocycles. The van der Waals surface area contributed by atoms with Crippen LogP contribution in [0.5, 0.6) is 0 Å². The quantitative estimate of drug-likeness (QED) is 0.0443. The zero-order valence-electron chi connectivity index (χ0n) is 41.9. The molecule has 382 valence electrons. The minimum Gasteiger partial charge on any atom is -0.379 e. The van der Waals surface area contributed by atoms with Crippen molar-refractivity contribution in [1.82, 2.24) is 35.8 Å². The van der Waals surface area contributed by atoms with Crippen molar-refractivity contribution >= 4 is 58.7 Å². The number of aromatic nitrogens is 3. The number of carbonyl (C=O) groups excluding carboxylic acids is 5. The molecule has 5 rings (SSSR count). The van der Waals surface area contributed by atoms with Crippen molar-refractivity contribution in [3.63, 3.8) is 0 Å². The molecule has 0 bridgehead atoms. The average molecular weight is 991 g/mol. The lowest BCUT2D eigenvalue weighted by Gasteiger charge is -2.28. The second-order valence-corrected chi connectivity index (χ2v) is 19.9. The molecule has 4 atom stereocenters. The fraction of sp³-hybridized carbons (Fsp3) is 0.604. The number of hydrogen-bond acceptors (Lipinski definition) is 12. The molecule has 0 aliphatic carbocycles. The number of phosphoric acid groups is 1. The standard InChI is InChI=1S/C48H73B2N8O11P/c1-33(2)53-44(61)31-56(46(63)29-49)26-24-52-42(59)20-8-7-14-25-58-48-36-17-10-9-16-35(36)30-57(38-19-12-11-18-37(38)47(48)54-55-58)45(62)22-21-43(60)51-23-13-5-6-15-27-67-70(64,65)69-39-28-41(50)68-40(39)32-66-34(3)4/h9-12,16-19,33-34,39-41H,5-8,13-15,20-32,49-50H2,1-4H3,(H,51,60)(H,52,59)(H,53,61)(H,64,65)/t39?,40-,41-/m1/s1. The number of fused-ring (bicyclic) bond motifs is 5. The van der Waals surface area contributed by atoms with Crippen LogP contribution in [0.4, 0.5) is 5.69 Å². The van der Waals surface area contributed by atoms with Crippen LogP contribution in [-0.2, 0) is 60.1 Å². The molecule has 19 nitrogen and oxygen atoms in total. The van der Waals surface area contributed by atoms with E-state index in [0.717, 1.165) is 48.1 Å². The predicted molar refractivity (Wildman–Crippen MR) is 271 cm³/mol. The molecule has 5 amide bonds. The first-order valence-corrected chi connectivity index (χ1v) is 26.5. The molecule has 1 saturated heterocycles. The van der Waals surface area contributed by atoms with Crippen molar-refractivity contribution in [3.8, 4) is 22.5 Å². The number of carbonyl (C=O) groups is 5. The highest BCUT2D eigenvalue weighted by molar-refractivity contribution is 7.47. The van der Waals surface area contributed by atoms with Gasteiger partial charge >= 0.3 is 7.82 Å². The first-order chi connectivity index (χ1) is 33.5. The van der Waals surface area contributed by atoms with Gasteiger partial charge in [-0.2, -0.15) is 0 Å². The van der Waals surface area contributed by atoms with E-state index in [2.05, 4.69) is 26.3 Å². The fourth-order valence-corrected chi connectivity index (χ4v) is 9.48. The Labute approximate surface area is 414 Å². The van der Waals surface area contributed by atoms with Crippen LogP contribution in [0, 0.1) is 0 Å². The number of nitrogens with one attached hydrogen (secondary N) is 3. The van der Waals surface area contributed by atoms with Crippen LogP contribution in [-0.4, -0.2) is 140 Å². The molecular weight excluding hydrogens is 917 g/mol. The average Bonchev–Trinajstić information content (AvgIpc) is 3.89. The van der Waals surface area contributed by atoms with E-state index in [1.165, 1.54) is 4.90 Å². The van der Waals surface area contributed by atoms with Crippen molar-refractivity contribution in [1.29, 1.82) is 0 Å². The molecule has 1 fully saturated rings. The van der Waals surface area contributed by atoms with E-state index in [1.807, 2.05) is 88.8 Å². The lowest BCUT2D eigenvalue weighted by atomic mass is 9.95. The van der Waals surface area contributed by atoms with Gasteiger partial charge in [-0.05, 0) is 77.7 Å². The third-order valence-corrected chi connectivity index (χ3v) is 13.0. The van der Waals surface area contributed by atoms with Gasteiger partial charge in [0, 0.05) is 68.6 Å². The Hall–Kier alpha value is -4.91. The van der Waals surface area contributed by atoms with Crippen LogP contribution in [0.3, 0.4) is 0 Å². The highest BCUT2D eigenvalue weighted by Crippen LogP contribution is 2.47. The van der Waals surface area contributed by atoms with Crippen LogP contribution in [0.2, 0.25) is 6.32 Å². The maximum absolute atomic E-state index is 14.0. The van der Waals surface area contributed by atoms with Gasteiger partial charge in [0.1, 0.15) is 27.5 Å². The summed E-state index contributed by atoms with van der Waals surface area (Å²) in [7, 11) is -0.650. The van der Waals surface area contributed by atoms with Crippen molar-refractivity contribution in [2.45, 2.75) is 148 Å². The summed E-state index contributed by atoms with van der Waals surface area (Å²) in [6.07, 6.45) is 4.96. The molecule has 2 unspecified atom stereocenters. The molecule has 4 N–H and O–H groups in total. The monoisotopic (exact) mass is 991 g/mol. The number of hydrogen-bond donors (Lipinski definition) is 4. The third-order valence-electron chi connectivity index (χ3n) is 12.0. The molecule has 3 aromatic rings. The number of unbranched alkanes of at least 4 members (excludes halogenated alkanes) is 5. The number of phosphoric ester groups is 1. The van der Waals surface area contributed by atoms with Gasteiger partial charge in [0.25, 0.3) is 0 Å². The number of benzene rings is 2. The van der Waals surface area contributed by atoms with Crippen LogP contribution in [0.25, 0.3) is 22.5 Å². The van der Waals surface area contributed by atoms with E-state index in [4.69, 9.17) is 18.5 Å². The third kappa shape index (κ3) is 17.7. The van der Waals surface area contributed by atoms with E-state index in [-0.39, 0.29) is 106 Å². The largest absolute Gasteiger partial charge is 0.472 e. The highest BCUT2D eigenvalue weighted by atomic mass is 31.2. The minimum atomic E-state index is -4.28. The minimum absolute atomic E-state index is 0.00238. The summed E-state index contributed by atoms with van der Waals surface area (Å²) in [5, 5.41) is 17.8. The molecule has 70 heavy (non-hydrogen) atoms. The molecule has 0 radical (unpaired) electrons. The Kier molecular flexibility index (Phi) is 22.6. The summed E-state index contributed by atoms with van der Waals surface area (Å²) in [6.45, 7) is 9.61. The van der Waals surface area contributed by atoms with Crippen LogP contribution in [0.1, 0.15) is 104 Å². The summed E-state index contributed by atoms with van der Waals surface area (Å²) in [5.74, 6) is -0.914. The number of rotatable bonds is 29. The molecule has 2 aliphatic rings. The van der Waals surface area contributed by atoms with Crippen molar-refractivity contribution < 1.29 is 52.0 Å². The number of anilines is 1. The van der Waals surface area contributed by atoms with Crippen LogP contribution in [0.15, 0.2) is 48.5 Å². The smallest absolute Gasteiger partial charge is 0.379 e. The summed E-state index contributed by atoms with van der Waals surface area (Å²) in [6, 6.07) is 15.3. The molecule has 2 aliphatic heterocycles. The summed E-state index contributed by atoms with van der Waals surface area (Å²) >= 11 is 0. The molecular formula is C48H73B2N8O11P. The number of nitrogens with zero attached hydrogens (tertiary/aromatic N) is 5. The number of aryl methyl sites for hydroxylation is 1. The van der Waals surface area contributed by atoms with Crippen molar-refractivity contribution in [2.24, 2.45) is 0 Å². The maximum Gasteiger partial charge on any atom is 0.472 e. The molecule has 1 aromatic heterocycles. The summed E-state index contributed by atoms with van der Waals surface area (Å²) in [5.41, 5.74) is 4.75. The Balaban J connectivity index is 1.05. The van der Waals surface area contributed by atoms with E-state index >= 15 is 0 Å². The molecule has 22 heteroatoms. The van der Waals surface area contributed by atoms with Crippen molar-refractivity contribution in [3.05, 3.63) is 54.1 Å². The van der Waals surface area contributed by atoms with E-state index in [9.17, 15) is 33.4 Å². The van der Waals surface area contributed by atoms with Crippen LogP contribution < -0.4 is 20.9 Å². The molecule has 0 spiro atoms. The molecule has 3 heterocycles. The van der Waals surface area contributed by atoms with E-state index in [1.54, 1.807) is 12.7 Å². The number of ether oxygens (including phenoxy) is 2. The van der Waals surface area contributed by atoms with Gasteiger partial charge in [0.15, 0.2) is 0 Å². The second kappa shape index (κ2) is 28.2. The molecule has 2 aromatic carbocycles. The Morgan fingerprint density at radius 3 is 2.34 bits per heavy atom. The summed E-state index contributed by atoms with van der Waals surface area (Å²) < 4.78 is 36.6. The lowest BCUT2D eigenvalue weighted by Crippen LogP contribution is -2.45. The van der Waals surface area contributed by atoms with Gasteiger partial charge in [-0.1, -0.05) is 66.9 Å². The van der Waals surface area contributed by atoms with Gasteiger partial charge < -0.3 is 40.1 Å². The van der Waals surface area contributed by atoms with Gasteiger partial charge in [-0.15, -0.1) is 5.10 Å². The topological polar surface area (TPSA) is 233 Å². The van der Waals surface area contributed by atoms with Gasteiger partial charge in [-0.3, -0.25) is 33.0 Å². The maximum atomic E-state index is 14.0. The fourth-order valence-electron chi connectivity index (χ4n) is 8.49. The second-order valence-electron chi connectivity index (χ2n) is 18.5. The summed E-state index contributed by atoms with van der Waals surface area (Å²) in [4.78, 5) is 77.7. The first kappa shape index (κ1) is 56.0. The predicted octanol–water partition coefficient (Wildman–Crippen LogP) is 3.67. The zero-order chi connectivity index (χ0) is 50.6. The number of para-hydroxylation sites is 1. The van der Waals surface area contributed by atoms with Crippen molar-refractivity contribution in [2.75, 3.05) is 44.3 Å². The van der Waals surface area contributed by atoms with Crippen LogP contribution >= 0.6 is 7.82 Å². The van der Waals surface area contributed by atoms with Gasteiger partial charge in [0.2, 0.25) is 29.5 Å². The van der Waals surface area contributed by atoms with E-state index in [0.29, 0.717) is 56.6 Å². The Bertz CT molecular complexity index is 2250. The number of amides is 5. The van der Waals surface area contributed by atoms with Gasteiger partial charge in [0.05, 0.1) is 49.9 Å². The van der Waals surface area contributed by atoms with Gasteiger partial charge in [-0.25, -0.2) is 9.25 Å². The first-order valence-electron chi connectivity index (χ1n) is 25.0. The Morgan fingerprint density at radius 2 is 1.59 bits per heavy atom. The van der Waals surface area contributed by atoms with E-state index < -0.39 is 20.0 Å². The SMILES string of the molecule is BCC(=O)N(CCNC(=O)CCCCCn1nnc2c1-c1ccccc1CN(C(=O)CCC(=O)NCCCCCCOP(=O)(O)OC1C[C@H](B)O[C@@H]1COC(C)C)c1ccccc1-2)CC(=O)NC(C)C. The zero-order valence-corrected chi connectivity index (χ0v) is 42.8. The highest BCUT2D eigenvalue weighted by Gasteiger charge is 2.39.